The fourth-order valence-electron chi connectivity index (χ4n) is 4.77. The molecule has 50 heavy (non-hydrogen) atoms. The summed E-state index contributed by atoms with van der Waals surface area (Å²) < 4.78 is 16.4. The van der Waals surface area contributed by atoms with E-state index >= 15 is 0 Å². The Hall–Kier alpha value is -3.38. The van der Waals surface area contributed by atoms with Crippen LogP contribution in [-0.2, 0) is 39.9 Å². The summed E-state index contributed by atoms with van der Waals surface area (Å²) in [5.74, 6) is -1.86. The topological polar surface area (TPSA) is 166 Å². The van der Waals surface area contributed by atoms with Crippen molar-refractivity contribution >= 4 is 41.4 Å². The predicted octanol–water partition coefficient (Wildman–Crippen LogP) is 6.20. The molecule has 0 unspecified atom stereocenters. The number of carbonyl (C=O) groups excluding carboxylic acids is 5. The maximum Gasteiger partial charge on any atom is 0.329 e. The standard InChI is InChI=1S/C37H61ClN4O8/c1-35(2,3)48-31(44)22-21-29(33(46)50-37(7,8)9)41-34(47)40-28(32(45)49-36(4,5)6)15-12-14-24-42(30(43)16-11-10-13-23-39)25-26-17-19-27(38)20-18-26/h17-20,28-29H,10-16,21-25,39H2,1-9H3,(H2,40,41,47)/t28-,29-/m0/s1. The van der Waals surface area contributed by atoms with Gasteiger partial charge >= 0.3 is 23.9 Å². The first-order valence-electron chi connectivity index (χ1n) is 17.6. The molecule has 0 bridgehead atoms. The average molecular weight is 725 g/mol. The molecule has 0 radical (unpaired) electrons. The van der Waals surface area contributed by atoms with Crippen LogP contribution >= 0.6 is 11.6 Å². The molecule has 1 rings (SSSR count). The number of hydrogen-bond donors (Lipinski definition) is 3. The monoisotopic (exact) mass is 724 g/mol. The molecule has 0 heterocycles. The number of halogens is 1. The summed E-state index contributed by atoms with van der Waals surface area (Å²) in [6.07, 6.45) is 3.93. The Morgan fingerprint density at radius 3 is 1.72 bits per heavy atom. The summed E-state index contributed by atoms with van der Waals surface area (Å²) in [6, 6.07) is 4.32. The van der Waals surface area contributed by atoms with Gasteiger partial charge in [0, 0.05) is 31.0 Å². The second-order valence-electron chi connectivity index (χ2n) is 15.5. The lowest BCUT2D eigenvalue weighted by Crippen LogP contribution is -2.53. The highest BCUT2D eigenvalue weighted by Gasteiger charge is 2.31. The highest BCUT2D eigenvalue weighted by atomic mass is 35.5. The minimum absolute atomic E-state index is 0.0257. The molecule has 0 aliphatic heterocycles. The third-order valence-corrected chi connectivity index (χ3v) is 7.21. The van der Waals surface area contributed by atoms with E-state index in [1.165, 1.54) is 0 Å². The quantitative estimate of drug-likeness (QED) is 0.0855. The minimum Gasteiger partial charge on any atom is -0.460 e. The van der Waals surface area contributed by atoms with E-state index in [0.717, 1.165) is 24.8 Å². The number of rotatable bonds is 19. The van der Waals surface area contributed by atoms with Crippen LogP contribution in [0, 0.1) is 0 Å². The van der Waals surface area contributed by atoms with E-state index in [1.807, 2.05) is 12.1 Å². The van der Waals surface area contributed by atoms with Crippen LogP contribution in [0.4, 0.5) is 4.79 Å². The number of esters is 3. The Kier molecular flexibility index (Phi) is 18.8. The number of urea groups is 1. The SMILES string of the molecule is CC(C)(C)OC(=O)CC[C@H](NC(=O)N[C@@H](CCCCN(Cc1ccc(Cl)cc1)C(=O)CCCCCN)C(=O)OC(C)(C)C)C(=O)OC(C)(C)C. The van der Waals surface area contributed by atoms with Gasteiger partial charge in [0.15, 0.2) is 0 Å². The molecule has 0 aliphatic rings. The first kappa shape index (κ1) is 44.6. The summed E-state index contributed by atoms with van der Waals surface area (Å²) in [6.45, 7) is 16.9. The fraction of sp³-hybridized carbons (Fsp3) is 0.703. The van der Waals surface area contributed by atoms with E-state index in [1.54, 1.807) is 79.3 Å². The Labute approximate surface area is 303 Å². The van der Waals surface area contributed by atoms with Crippen LogP contribution in [0.1, 0.15) is 126 Å². The van der Waals surface area contributed by atoms with Crippen LogP contribution in [0.2, 0.25) is 5.02 Å². The average Bonchev–Trinajstić information content (AvgIpc) is 2.96. The lowest BCUT2D eigenvalue weighted by Gasteiger charge is -2.27. The van der Waals surface area contributed by atoms with E-state index in [2.05, 4.69) is 10.6 Å². The van der Waals surface area contributed by atoms with Crippen LogP contribution < -0.4 is 16.4 Å². The number of carbonyl (C=O) groups is 5. The molecule has 3 amide bonds. The second kappa shape index (κ2) is 21.1. The van der Waals surface area contributed by atoms with Gasteiger partial charge in [-0.05, 0) is 125 Å². The smallest absolute Gasteiger partial charge is 0.329 e. The molecule has 0 spiro atoms. The lowest BCUT2D eigenvalue weighted by atomic mass is 10.1. The van der Waals surface area contributed by atoms with E-state index < -0.39 is 52.8 Å². The summed E-state index contributed by atoms with van der Waals surface area (Å²) in [7, 11) is 0. The molecule has 1 aromatic rings. The van der Waals surface area contributed by atoms with Gasteiger partial charge in [-0.15, -0.1) is 0 Å². The normalized spacial score (nSPS) is 13.1. The van der Waals surface area contributed by atoms with E-state index in [-0.39, 0.29) is 25.2 Å². The van der Waals surface area contributed by atoms with E-state index in [9.17, 15) is 24.0 Å². The number of hydrogen-bond acceptors (Lipinski definition) is 9. The van der Waals surface area contributed by atoms with Gasteiger partial charge in [0.2, 0.25) is 5.91 Å². The number of nitrogens with zero attached hydrogens (tertiary/aromatic N) is 1. The van der Waals surface area contributed by atoms with Gasteiger partial charge in [0.1, 0.15) is 28.9 Å². The molecule has 12 nitrogen and oxygen atoms in total. The van der Waals surface area contributed by atoms with Crippen molar-refractivity contribution in [2.45, 2.75) is 156 Å². The third-order valence-electron chi connectivity index (χ3n) is 6.96. The van der Waals surface area contributed by atoms with Gasteiger partial charge in [0.05, 0.1) is 0 Å². The van der Waals surface area contributed by atoms with Gasteiger partial charge in [-0.3, -0.25) is 9.59 Å². The van der Waals surface area contributed by atoms with Crippen LogP contribution in [0.3, 0.4) is 0 Å². The molecule has 4 N–H and O–H groups in total. The van der Waals surface area contributed by atoms with Crippen LogP contribution in [0.5, 0.6) is 0 Å². The molecule has 0 aliphatic carbocycles. The van der Waals surface area contributed by atoms with Gasteiger partial charge in [0.25, 0.3) is 0 Å². The van der Waals surface area contributed by atoms with Crippen molar-refractivity contribution in [2.24, 2.45) is 5.73 Å². The van der Waals surface area contributed by atoms with Crippen molar-refractivity contribution in [1.82, 2.24) is 15.5 Å². The second-order valence-corrected chi connectivity index (χ2v) is 15.9. The molecule has 1 aromatic carbocycles. The molecule has 2 atom stereocenters. The van der Waals surface area contributed by atoms with Crippen molar-refractivity contribution in [2.75, 3.05) is 13.1 Å². The Morgan fingerprint density at radius 2 is 1.22 bits per heavy atom. The Morgan fingerprint density at radius 1 is 0.700 bits per heavy atom. The molecular formula is C37H61ClN4O8. The molecule has 284 valence electrons. The van der Waals surface area contributed by atoms with Crippen LogP contribution in [-0.4, -0.2) is 76.7 Å². The first-order valence-corrected chi connectivity index (χ1v) is 17.9. The summed E-state index contributed by atoms with van der Waals surface area (Å²) >= 11 is 6.06. The molecule has 0 aromatic heterocycles. The Balaban J connectivity index is 3.02. The number of ether oxygens (including phenoxy) is 3. The fourth-order valence-corrected chi connectivity index (χ4v) is 4.89. The first-order chi connectivity index (χ1) is 23.1. The van der Waals surface area contributed by atoms with E-state index in [4.69, 9.17) is 31.5 Å². The summed E-state index contributed by atoms with van der Waals surface area (Å²) in [4.78, 5) is 66.9. The van der Waals surface area contributed by atoms with Crippen molar-refractivity contribution in [3.05, 3.63) is 34.9 Å². The summed E-state index contributed by atoms with van der Waals surface area (Å²) in [5, 5.41) is 5.85. The van der Waals surface area contributed by atoms with Crippen molar-refractivity contribution in [3.8, 4) is 0 Å². The number of benzene rings is 1. The number of amides is 3. The number of unbranched alkanes of at least 4 members (excludes halogenated alkanes) is 3. The molecule has 13 heteroatoms. The van der Waals surface area contributed by atoms with Gasteiger partial charge in [-0.1, -0.05) is 30.2 Å². The maximum absolute atomic E-state index is 13.3. The van der Waals surface area contributed by atoms with Crippen LogP contribution in [0.15, 0.2) is 24.3 Å². The lowest BCUT2D eigenvalue weighted by molar-refractivity contribution is -0.159. The molecule has 0 fully saturated rings. The zero-order valence-corrected chi connectivity index (χ0v) is 32.4. The Bertz CT molecular complexity index is 1240. The summed E-state index contributed by atoms with van der Waals surface area (Å²) in [5.41, 5.74) is 4.18. The van der Waals surface area contributed by atoms with Gasteiger partial charge < -0.3 is 35.5 Å². The highest BCUT2D eigenvalue weighted by Crippen LogP contribution is 2.17. The van der Waals surface area contributed by atoms with Gasteiger partial charge in [-0.25, -0.2) is 14.4 Å². The van der Waals surface area contributed by atoms with E-state index in [0.29, 0.717) is 43.9 Å². The van der Waals surface area contributed by atoms with Gasteiger partial charge in [-0.2, -0.15) is 0 Å². The molecule has 0 saturated carbocycles. The third kappa shape index (κ3) is 21.0. The minimum atomic E-state index is -1.18. The number of nitrogens with two attached hydrogens (primary N) is 1. The molecular weight excluding hydrogens is 664 g/mol. The molecule has 0 saturated heterocycles. The van der Waals surface area contributed by atoms with Crippen molar-refractivity contribution in [3.63, 3.8) is 0 Å². The zero-order valence-electron chi connectivity index (χ0n) is 31.6. The van der Waals surface area contributed by atoms with Crippen LogP contribution in [0.25, 0.3) is 0 Å². The predicted molar refractivity (Wildman–Crippen MR) is 194 cm³/mol. The van der Waals surface area contributed by atoms with Crippen molar-refractivity contribution in [1.29, 1.82) is 0 Å². The number of nitrogens with one attached hydrogen (secondary N) is 2. The largest absolute Gasteiger partial charge is 0.460 e. The zero-order chi connectivity index (χ0) is 38.1. The maximum atomic E-state index is 13.3. The van der Waals surface area contributed by atoms with Crippen molar-refractivity contribution < 1.29 is 38.2 Å². The highest BCUT2D eigenvalue weighted by molar-refractivity contribution is 6.30.